The van der Waals surface area contributed by atoms with Crippen LogP contribution in [0.3, 0.4) is 0 Å². The molecule has 1 saturated heterocycles. The van der Waals surface area contributed by atoms with Crippen LogP contribution in [0.1, 0.15) is 37.9 Å². The lowest BCUT2D eigenvalue weighted by Crippen LogP contribution is -2.36. The SMILES string of the molecule is Cc1ccc(C(=O)OCC2OCC(n3cc(Cl)c4c(Cl)ncnc43)C2OC(=O)c2ccc(C)cc2)cc1. The highest BCUT2D eigenvalue weighted by Crippen LogP contribution is 2.36. The minimum atomic E-state index is -0.806. The molecule has 2 aromatic heterocycles. The Balaban J connectivity index is 1.42. The average molecular weight is 540 g/mol. The number of rotatable bonds is 6. The van der Waals surface area contributed by atoms with Gasteiger partial charge in [0.15, 0.2) is 6.10 Å². The van der Waals surface area contributed by atoms with Crippen LogP contribution in [0.5, 0.6) is 0 Å². The first-order valence-corrected chi connectivity index (χ1v) is 12.4. The lowest BCUT2D eigenvalue weighted by molar-refractivity contribution is -0.0307. The van der Waals surface area contributed by atoms with Gasteiger partial charge in [0.05, 0.1) is 34.2 Å². The Morgan fingerprint density at radius 1 is 0.973 bits per heavy atom. The number of benzene rings is 2. The predicted octanol–water partition coefficient (Wildman–Crippen LogP) is 5.38. The van der Waals surface area contributed by atoms with E-state index in [0.29, 0.717) is 27.2 Å². The number of fused-ring (bicyclic) bond motifs is 1. The Kier molecular flexibility index (Phi) is 7.15. The van der Waals surface area contributed by atoms with Crippen LogP contribution >= 0.6 is 23.2 Å². The monoisotopic (exact) mass is 539 g/mol. The molecule has 0 bridgehead atoms. The van der Waals surface area contributed by atoms with Gasteiger partial charge in [0.1, 0.15) is 29.8 Å². The summed E-state index contributed by atoms with van der Waals surface area (Å²) >= 11 is 12.7. The first kappa shape index (κ1) is 25.2. The number of hydrogen-bond donors (Lipinski definition) is 0. The van der Waals surface area contributed by atoms with E-state index in [1.54, 1.807) is 35.0 Å². The van der Waals surface area contributed by atoms with Gasteiger partial charge in [0, 0.05) is 6.20 Å². The van der Waals surface area contributed by atoms with Crippen molar-refractivity contribution >= 4 is 46.2 Å². The standard InChI is InChI=1S/C27H23Cl2N3O5/c1-15-3-7-17(8-4-15)26(33)36-13-21-23(37-27(34)18-9-5-16(2)6-10-18)20(12-35-21)32-11-19(28)22-24(29)30-14-31-25(22)32/h3-11,14,20-21,23H,12-13H2,1-2H3. The van der Waals surface area contributed by atoms with Crippen LogP contribution in [0.25, 0.3) is 11.0 Å². The summed E-state index contributed by atoms with van der Waals surface area (Å²) in [5, 5.41) is 1.06. The number of aryl methyl sites for hydroxylation is 2. The van der Waals surface area contributed by atoms with Gasteiger partial charge >= 0.3 is 11.9 Å². The van der Waals surface area contributed by atoms with E-state index in [4.69, 9.17) is 37.4 Å². The smallest absolute Gasteiger partial charge is 0.338 e. The maximum Gasteiger partial charge on any atom is 0.338 e. The van der Waals surface area contributed by atoms with E-state index in [1.165, 1.54) is 6.33 Å². The summed E-state index contributed by atoms with van der Waals surface area (Å²) in [7, 11) is 0. The van der Waals surface area contributed by atoms with E-state index in [9.17, 15) is 9.59 Å². The Morgan fingerprint density at radius 3 is 2.24 bits per heavy atom. The minimum Gasteiger partial charge on any atom is -0.459 e. The van der Waals surface area contributed by atoms with Crippen LogP contribution in [-0.4, -0.2) is 51.9 Å². The molecule has 3 heterocycles. The molecule has 190 valence electrons. The Hall–Kier alpha value is -3.46. The largest absolute Gasteiger partial charge is 0.459 e. The van der Waals surface area contributed by atoms with Crippen molar-refractivity contribution in [3.05, 3.63) is 93.5 Å². The van der Waals surface area contributed by atoms with E-state index >= 15 is 0 Å². The maximum absolute atomic E-state index is 13.1. The molecule has 1 aliphatic heterocycles. The molecule has 8 nitrogen and oxygen atoms in total. The first-order valence-electron chi connectivity index (χ1n) is 11.6. The molecular formula is C27H23Cl2N3O5. The molecule has 3 atom stereocenters. The molecule has 0 spiro atoms. The van der Waals surface area contributed by atoms with Gasteiger partial charge in [-0.1, -0.05) is 58.6 Å². The van der Waals surface area contributed by atoms with Crippen molar-refractivity contribution in [1.82, 2.24) is 14.5 Å². The zero-order chi connectivity index (χ0) is 26.1. The second kappa shape index (κ2) is 10.5. The first-order chi connectivity index (χ1) is 17.8. The third-order valence-corrected chi connectivity index (χ3v) is 6.87. The molecule has 0 amide bonds. The molecule has 1 aliphatic rings. The molecule has 4 aromatic rings. The van der Waals surface area contributed by atoms with Gasteiger partial charge in [-0.2, -0.15) is 0 Å². The fourth-order valence-corrected chi connectivity index (χ4v) is 4.82. The fraction of sp³-hybridized carbons (Fsp3) is 0.259. The topological polar surface area (TPSA) is 92.5 Å². The van der Waals surface area contributed by atoms with Crippen molar-refractivity contribution in [1.29, 1.82) is 0 Å². The maximum atomic E-state index is 13.1. The van der Waals surface area contributed by atoms with E-state index < -0.39 is 30.2 Å². The predicted molar refractivity (Wildman–Crippen MR) is 138 cm³/mol. The molecule has 0 radical (unpaired) electrons. The molecule has 10 heteroatoms. The molecule has 0 aliphatic carbocycles. The Bertz CT molecular complexity index is 1450. The summed E-state index contributed by atoms with van der Waals surface area (Å²) in [4.78, 5) is 34.0. The zero-order valence-electron chi connectivity index (χ0n) is 20.1. The van der Waals surface area contributed by atoms with Crippen molar-refractivity contribution in [2.24, 2.45) is 0 Å². The van der Waals surface area contributed by atoms with Crippen LogP contribution in [0, 0.1) is 13.8 Å². The van der Waals surface area contributed by atoms with Crippen molar-refractivity contribution < 1.29 is 23.8 Å². The average Bonchev–Trinajstić information content (AvgIpc) is 3.44. The Morgan fingerprint density at radius 2 is 1.59 bits per heavy atom. The lowest BCUT2D eigenvalue weighted by atomic mass is 10.1. The van der Waals surface area contributed by atoms with Crippen LogP contribution in [0.15, 0.2) is 61.1 Å². The van der Waals surface area contributed by atoms with Gasteiger partial charge in [0.2, 0.25) is 0 Å². The number of aromatic nitrogens is 3. The van der Waals surface area contributed by atoms with Crippen molar-refractivity contribution in [2.45, 2.75) is 32.1 Å². The molecule has 2 aromatic carbocycles. The fourth-order valence-electron chi connectivity index (χ4n) is 4.27. The van der Waals surface area contributed by atoms with Crippen molar-refractivity contribution in [2.75, 3.05) is 13.2 Å². The molecule has 0 N–H and O–H groups in total. The van der Waals surface area contributed by atoms with Gasteiger partial charge in [0.25, 0.3) is 0 Å². The highest BCUT2D eigenvalue weighted by Gasteiger charge is 2.43. The minimum absolute atomic E-state index is 0.113. The van der Waals surface area contributed by atoms with Crippen LogP contribution < -0.4 is 0 Å². The summed E-state index contributed by atoms with van der Waals surface area (Å²) < 4.78 is 19.3. The van der Waals surface area contributed by atoms with Crippen LogP contribution in [0.2, 0.25) is 10.2 Å². The summed E-state index contributed by atoms with van der Waals surface area (Å²) in [6.07, 6.45) is 1.47. The summed E-state index contributed by atoms with van der Waals surface area (Å²) in [5.74, 6) is -1.02. The summed E-state index contributed by atoms with van der Waals surface area (Å²) in [6.45, 7) is 3.92. The van der Waals surface area contributed by atoms with Gasteiger partial charge in [-0.25, -0.2) is 19.6 Å². The van der Waals surface area contributed by atoms with Crippen molar-refractivity contribution in [3.63, 3.8) is 0 Å². The number of esters is 2. The van der Waals surface area contributed by atoms with Crippen LogP contribution in [0.4, 0.5) is 0 Å². The Labute approximate surface area is 223 Å². The number of carbonyl (C=O) groups excluding carboxylic acids is 2. The van der Waals surface area contributed by atoms with E-state index in [-0.39, 0.29) is 18.4 Å². The van der Waals surface area contributed by atoms with Gasteiger partial charge in [-0.3, -0.25) is 0 Å². The van der Waals surface area contributed by atoms with Gasteiger partial charge in [-0.05, 0) is 38.1 Å². The summed E-state index contributed by atoms with van der Waals surface area (Å²) in [6, 6.07) is 13.6. The van der Waals surface area contributed by atoms with E-state index in [1.807, 2.05) is 38.1 Å². The molecule has 37 heavy (non-hydrogen) atoms. The highest BCUT2D eigenvalue weighted by atomic mass is 35.5. The molecule has 0 saturated carbocycles. The molecule has 1 fully saturated rings. The van der Waals surface area contributed by atoms with Gasteiger partial charge < -0.3 is 18.8 Å². The molecular weight excluding hydrogens is 517 g/mol. The molecule has 5 rings (SSSR count). The van der Waals surface area contributed by atoms with Crippen LogP contribution in [-0.2, 0) is 14.2 Å². The van der Waals surface area contributed by atoms with Crippen molar-refractivity contribution in [3.8, 4) is 0 Å². The number of hydrogen-bond acceptors (Lipinski definition) is 7. The van der Waals surface area contributed by atoms with E-state index in [2.05, 4.69) is 9.97 Å². The molecule has 3 unspecified atom stereocenters. The zero-order valence-corrected chi connectivity index (χ0v) is 21.6. The number of halogens is 2. The second-order valence-corrected chi connectivity index (χ2v) is 9.65. The number of carbonyl (C=O) groups is 2. The number of nitrogens with zero attached hydrogens (tertiary/aromatic N) is 3. The third-order valence-electron chi connectivity index (χ3n) is 6.30. The second-order valence-electron chi connectivity index (χ2n) is 8.89. The normalized spacial score (nSPS) is 19.2. The third kappa shape index (κ3) is 5.18. The number of ether oxygens (including phenoxy) is 3. The van der Waals surface area contributed by atoms with Gasteiger partial charge in [-0.15, -0.1) is 0 Å². The quantitative estimate of drug-likeness (QED) is 0.240. The highest BCUT2D eigenvalue weighted by molar-refractivity contribution is 6.41. The summed E-state index contributed by atoms with van der Waals surface area (Å²) in [5.41, 5.74) is 3.34. The van der Waals surface area contributed by atoms with E-state index in [0.717, 1.165) is 11.1 Å². The lowest BCUT2D eigenvalue weighted by Gasteiger charge is -2.24.